The summed E-state index contributed by atoms with van der Waals surface area (Å²) in [6.45, 7) is 0. The summed E-state index contributed by atoms with van der Waals surface area (Å²) in [5, 5.41) is 8.66. The van der Waals surface area contributed by atoms with Gasteiger partial charge in [-0.05, 0) is 23.3 Å². The van der Waals surface area contributed by atoms with Gasteiger partial charge in [-0.2, -0.15) is 13.2 Å². The summed E-state index contributed by atoms with van der Waals surface area (Å²) in [4.78, 5) is 14.4. The van der Waals surface area contributed by atoms with Crippen LogP contribution in [-0.2, 0) is 17.4 Å². The van der Waals surface area contributed by atoms with Gasteiger partial charge < -0.3 is 5.11 Å². The average Bonchev–Trinajstić information content (AvgIpc) is 2.38. The largest absolute Gasteiger partial charge is 0.481 e. The third-order valence-corrected chi connectivity index (χ3v) is 2.72. The minimum absolute atomic E-state index is 0.0141. The van der Waals surface area contributed by atoms with E-state index in [1.165, 1.54) is 30.6 Å². The minimum Gasteiger partial charge on any atom is -0.481 e. The lowest BCUT2D eigenvalue weighted by Gasteiger charge is -2.14. The first-order chi connectivity index (χ1) is 9.38. The number of benzene rings is 1. The predicted molar refractivity (Wildman–Crippen MR) is 66.0 cm³/mol. The lowest BCUT2D eigenvalue weighted by atomic mass is 9.97. The van der Waals surface area contributed by atoms with Crippen LogP contribution in [0.3, 0.4) is 0 Å². The average molecular weight is 281 g/mol. The van der Waals surface area contributed by atoms with Crippen molar-refractivity contribution in [2.75, 3.05) is 0 Å². The van der Waals surface area contributed by atoms with E-state index in [0.717, 1.165) is 6.07 Å². The summed E-state index contributed by atoms with van der Waals surface area (Å²) in [5.74, 6) is -1.17. The van der Waals surface area contributed by atoms with E-state index in [2.05, 4.69) is 4.98 Å². The van der Waals surface area contributed by atoms with Gasteiger partial charge in [-0.1, -0.05) is 18.2 Å². The Hall–Kier alpha value is -2.37. The molecule has 2 aromatic rings. The molecule has 0 aliphatic heterocycles. The molecule has 0 aliphatic carbocycles. The molecular formula is C14H10F3NO2. The van der Waals surface area contributed by atoms with Crippen LogP contribution < -0.4 is 0 Å². The molecule has 0 radical (unpaired) electrons. The molecule has 0 amide bonds. The van der Waals surface area contributed by atoms with E-state index < -0.39 is 24.1 Å². The lowest BCUT2D eigenvalue weighted by Crippen LogP contribution is -2.09. The maximum absolute atomic E-state index is 13.1. The highest BCUT2D eigenvalue weighted by Gasteiger charge is 2.34. The number of carboxylic acids is 1. The molecule has 6 heteroatoms. The van der Waals surface area contributed by atoms with Crippen molar-refractivity contribution in [1.82, 2.24) is 4.98 Å². The molecule has 0 spiro atoms. The van der Waals surface area contributed by atoms with Gasteiger partial charge in [0.05, 0.1) is 12.0 Å². The number of hydrogen-bond acceptors (Lipinski definition) is 2. The van der Waals surface area contributed by atoms with Crippen molar-refractivity contribution in [3.8, 4) is 11.1 Å². The fourth-order valence-corrected chi connectivity index (χ4v) is 1.88. The molecule has 0 aliphatic rings. The number of aromatic nitrogens is 1. The summed E-state index contributed by atoms with van der Waals surface area (Å²) in [7, 11) is 0. The van der Waals surface area contributed by atoms with E-state index in [-0.39, 0.29) is 11.1 Å². The summed E-state index contributed by atoms with van der Waals surface area (Å²) in [6.07, 6.45) is -2.20. The van der Waals surface area contributed by atoms with Gasteiger partial charge in [0.15, 0.2) is 0 Å². The number of nitrogens with zero attached hydrogens (tertiary/aromatic N) is 1. The van der Waals surface area contributed by atoms with Crippen molar-refractivity contribution in [3.63, 3.8) is 0 Å². The second-order valence-corrected chi connectivity index (χ2v) is 4.19. The van der Waals surface area contributed by atoms with Crippen molar-refractivity contribution in [1.29, 1.82) is 0 Å². The molecule has 20 heavy (non-hydrogen) atoms. The van der Waals surface area contributed by atoms with Crippen molar-refractivity contribution in [2.45, 2.75) is 12.6 Å². The highest BCUT2D eigenvalue weighted by atomic mass is 19.4. The van der Waals surface area contributed by atoms with E-state index in [1.807, 2.05) is 0 Å². The monoisotopic (exact) mass is 281 g/mol. The first kappa shape index (κ1) is 14.0. The standard InChI is InChI=1S/C14H10F3NO2/c15-14(16,17)12-6-9(7-13(19)20)3-4-11(12)10-2-1-5-18-8-10/h1-6,8H,7H2,(H,19,20). The van der Waals surface area contributed by atoms with Crippen LogP contribution in [0.25, 0.3) is 11.1 Å². The van der Waals surface area contributed by atoms with Crippen molar-refractivity contribution >= 4 is 5.97 Å². The van der Waals surface area contributed by atoms with Crippen molar-refractivity contribution in [3.05, 3.63) is 53.9 Å². The first-order valence-corrected chi connectivity index (χ1v) is 5.70. The molecule has 1 N–H and O–H groups in total. The van der Waals surface area contributed by atoms with E-state index in [4.69, 9.17) is 5.11 Å². The summed E-state index contributed by atoms with van der Waals surface area (Å²) in [5.41, 5.74) is -0.428. The van der Waals surface area contributed by atoms with E-state index in [9.17, 15) is 18.0 Å². The molecule has 1 aromatic heterocycles. The molecule has 0 saturated carbocycles. The minimum atomic E-state index is -4.56. The van der Waals surface area contributed by atoms with E-state index >= 15 is 0 Å². The zero-order valence-corrected chi connectivity index (χ0v) is 10.2. The smallest absolute Gasteiger partial charge is 0.417 e. The molecule has 2 rings (SSSR count). The molecule has 1 aromatic carbocycles. The molecule has 104 valence electrons. The van der Waals surface area contributed by atoms with Gasteiger partial charge in [-0.25, -0.2) is 0 Å². The van der Waals surface area contributed by atoms with Gasteiger partial charge in [-0.15, -0.1) is 0 Å². The van der Waals surface area contributed by atoms with Crippen LogP contribution >= 0.6 is 0 Å². The van der Waals surface area contributed by atoms with Crippen molar-refractivity contribution < 1.29 is 23.1 Å². The fourth-order valence-electron chi connectivity index (χ4n) is 1.88. The van der Waals surface area contributed by atoms with Gasteiger partial charge >= 0.3 is 12.1 Å². The van der Waals surface area contributed by atoms with E-state index in [0.29, 0.717) is 5.56 Å². The fraction of sp³-hybridized carbons (Fsp3) is 0.143. The number of halogens is 3. The number of alkyl halides is 3. The molecule has 3 nitrogen and oxygen atoms in total. The molecule has 1 heterocycles. The third kappa shape index (κ3) is 3.14. The molecule has 0 unspecified atom stereocenters. The summed E-state index contributed by atoms with van der Waals surface area (Å²) >= 11 is 0. The number of hydrogen-bond donors (Lipinski definition) is 1. The number of pyridine rings is 1. The van der Waals surface area contributed by atoms with Crippen LogP contribution in [0.4, 0.5) is 13.2 Å². The van der Waals surface area contributed by atoms with Gasteiger partial charge in [0.2, 0.25) is 0 Å². The van der Waals surface area contributed by atoms with Crippen LogP contribution in [0, 0.1) is 0 Å². The van der Waals surface area contributed by atoms with Gasteiger partial charge in [0, 0.05) is 18.0 Å². The topological polar surface area (TPSA) is 50.2 Å². The highest BCUT2D eigenvalue weighted by Crippen LogP contribution is 2.37. The second kappa shape index (κ2) is 5.32. The number of carboxylic acid groups (broad SMARTS) is 1. The molecule has 0 atom stereocenters. The Morgan fingerprint density at radius 3 is 2.55 bits per heavy atom. The van der Waals surface area contributed by atoms with Gasteiger partial charge in [0.25, 0.3) is 0 Å². The van der Waals surface area contributed by atoms with Crippen LogP contribution in [0.2, 0.25) is 0 Å². The molecular weight excluding hydrogens is 271 g/mol. The normalized spacial score (nSPS) is 11.3. The summed E-state index contributed by atoms with van der Waals surface area (Å²) in [6, 6.07) is 6.59. The Balaban J connectivity index is 2.55. The van der Waals surface area contributed by atoms with Crippen molar-refractivity contribution in [2.24, 2.45) is 0 Å². The lowest BCUT2D eigenvalue weighted by molar-refractivity contribution is -0.138. The van der Waals surface area contributed by atoms with Crippen LogP contribution in [0.1, 0.15) is 11.1 Å². The Morgan fingerprint density at radius 1 is 1.25 bits per heavy atom. The summed E-state index contributed by atoms with van der Waals surface area (Å²) < 4.78 is 39.3. The maximum atomic E-state index is 13.1. The van der Waals surface area contributed by atoms with E-state index in [1.54, 1.807) is 6.07 Å². The second-order valence-electron chi connectivity index (χ2n) is 4.19. The molecule has 0 fully saturated rings. The molecule has 0 bridgehead atoms. The number of rotatable bonds is 3. The number of carbonyl (C=O) groups is 1. The van der Waals surface area contributed by atoms with Gasteiger partial charge in [-0.3, -0.25) is 9.78 Å². The maximum Gasteiger partial charge on any atom is 0.417 e. The number of aliphatic carboxylic acids is 1. The predicted octanol–water partition coefficient (Wildman–Crippen LogP) is 3.39. The third-order valence-electron chi connectivity index (χ3n) is 2.72. The Labute approximate surface area is 112 Å². The highest BCUT2D eigenvalue weighted by molar-refractivity contribution is 5.72. The SMILES string of the molecule is O=C(O)Cc1ccc(-c2cccnc2)c(C(F)(F)F)c1. The zero-order valence-electron chi connectivity index (χ0n) is 10.2. The van der Waals surface area contributed by atoms with Crippen LogP contribution in [0.15, 0.2) is 42.7 Å². The Morgan fingerprint density at radius 2 is 2.00 bits per heavy atom. The van der Waals surface area contributed by atoms with Crippen LogP contribution in [-0.4, -0.2) is 16.1 Å². The van der Waals surface area contributed by atoms with Crippen LogP contribution in [0.5, 0.6) is 0 Å². The Kier molecular flexibility index (Phi) is 3.74. The first-order valence-electron chi connectivity index (χ1n) is 5.70. The zero-order chi connectivity index (χ0) is 14.8. The molecule has 0 saturated heterocycles. The Bertz CT molecular complexity index is 624. The quantitative estimate of drug-likeness (QED) is 0.938. The van der Waals surface area contributed by atoms with Gasteiger partial charge in [0.1, 0.15) is 0 Å².